The van der Waals surface area contributed by atoms with Crippen LogP contribution in [0.2, 0.25) is 0 Å². The molecule has 1 N–H and O–H groups in total. The highest BCUT2D eigenvalue weighted by atomic mass is 32.2. The van der Waals surface area contributed by atoms with Crippen molar-refractivity contribution in [3.63, 3.8) is 0 Å². The lowest BCUT2D eigenvalue weighted by Gasteiger charge is -2.07. The second kappa shape index (κ2) is 6.64. The Hall–Kier alpha value is -2.99. The van der Waals surface area contributed by atoms with Crippen molar-refractivity contribution in [2.24, 2.45) is 0 Å². The first-order chi connectivity index (χ1) is 11.6. The molecular weight excluding hydrogens is 324 g/mol. The third kappa shape index (κ3) is 3.49. The zero-order chi connectivity index (χ0) is 17.0. The number of aromatic nitrogens is 1. The first-order valence-electron chi connectivity index (χ1n) is 7.19. The number of hydrogen-bond acceptors (Lipinski definition) is 4. The van der Waals surface area contributed by atoms with Gasteiger partial charge in [-0.3, -0.25) is 9.78 Å². The maximum absolute atomic E-state index is 12.2. The average Bonchev–Trinajstić information content (AvgIpc) is 2.63. The minimum absolute atomic E-state index is 0.0562. The molecule has 0 bridgehead atoms. The number of hydrogen-bond donors (Lipinski definition) is 1. The second-order valence-corrected chi connectivity index (χ2v) is 6.75. The number of nitrogens with one attached hydrogen (secondary N) is 1. The summed E-state index contributed by atoms with van der Waals surface area (Å²) in [4.78, 5) is 15.9. The van der Waals surface area contributed by atoms with Crippen molar-refractivity contribution >= 4 is 15.9 Å². The molecule has 5 nitrogen and oxygen atoms in total. The zero-order valence-corrected chi connectivity index (χ0v) is 13.4. The normalized spacial score (nSPS) is 11.0. The van der Waals surface area contributed by atoms with Crippen molar-refractivity contribution in [1.29, 1.82) is 0 Å². The molecule has 0 saturated heterocycles. The lowest BCUT2D eigenvalue weighted by Crippen LogP contribution is -2.30. The Morgan fingerprint density at radius 2 is 1.50 bits per heavy atom. The van der Waals surface area contributed by atoms with Crippen LogP contribution in [0.25, 0.3) is 11.1 Å². The van der Waals surface area contributed by atoms with Crippen LogP contribution in [-0.4, -0.2) is 19.3 Å². The quantitative estimate of drug-likeness (QED) is 0.793. The Balaban J connectivity index is 1.79. The van der Waals surface area contributed by atoms with Gasteiger partial charge in [-0.2, -0.15) is 0 Å². The summed E-state index contributed by atoms with van der Waals surface area (Å²) in [5.74, 6) is -0.682. The van der Waals surface area contributed by atoms with Crippen molar-refractivity contribution in [3.8, 4) is 11.1 Å². The lowest BCUT2D eigenvalue weighted by molar-refractivity contribution is 0.0981. The van der Waals surface area contributed by atoms with Gasteiger partial charge in [0.25, 0.3) is 15.9 Å². The predicted molar refractivity (Wildman–Crippen MR) is 90.8 cm³/mol. The van der Waals surface area contributed by atoms with Crippen LogP contribution in [0.5, 0.6) is 0 Å². The number of pyridine rings is 1. The fourth-order valence-corrected chi connectivity index (χ4v) is 3.13. The van der Waals surface area contributed by atoms with E-state index in [1.54, 1.807) is 24.3 Å². The Morgan fingerprint density at radius 1 is 0.833 bits per heavy atom. The highest BCUT2D eigenvalue weighted by molar-refractivity contribution is 7.90. The monoisotopic (exact) mass is 338 g/mol. The van der Waals surface area contributed by atoms with E-state index in [9.17, 15) is 13.2 Å². The molecular formula is C18H14N2O3S. The number of benzene rings is 2. The molecule has 2 aromatic carbocycles. The summed E-state index contributed by atoms with van der Waals surface area (Å²) >= 11 is 0. The number of amides is 1. The van der Waals surface area contributed by atoms with E-state index in [1.165, 1.54) is 24.5 Å². The Morgan fingerprint density at radius 3 is 2.12 bits per heavy atom. The third-order valence-electron chi connectivity index (χ3n) is 3.43. The number of carbonyl (C=O) groups excluding carboxylic acids is 1. The topological polar surface area (TPSA) is 76.1 Å². The fourth-order valence-electron chi connectivity index (χ4n) is 2.19. The van der Waals surface area contributed by atoms with Gasteiger partial charge >= 0.3 is 0 Å². The summed E-state index contributed by atoms with van der Waals surface area (Å²) in [5, 5.41) is 0. The highest BCUT2D eigenvalue weighted by Crippen LogP contribution is 2.19. The first kappa shape index (κ1) is 15.9. The largest absolute Gasteiger partial charge is 0.268 e. The molecule has 0 fully saturated rings. The van der Waals surface area contributed by atoms with Gasteiger partial charge in [-0.05, 0) is 35.4 Å². The molecule has 1 amide bonds. The average molecular weight is 338 g/mol. The van der Waals surface area contributed by atoms with Crippen LogP contribution in [0.3, 0.4) is 0 Å². The van der Waals surface area contributed by atoms with E-state index in [1.807, 2.05) is 35.1 Å². The zero-order valence-electron chi connectivity index (χ0n) is 12.6. The van der Waals surface area contributed by atoms with E-state index >= 15 is 0 Å². The number of sulfonamides is 1. The van der Waals surface area contributed by atoms with Crippen molar-refractivity contribution in [2.45, 2.75) is 4.90 Å². The molecule has 0 saturated carbocycles. The molecule has 0 spiro atoms. The molecule has 120 valence electrons. The van der Waals surface area contributed by atoms with E-state index in [4.69, 9.17) is 0 Å². The van der Waals surface area contributed by atoms with Gasteiger partial charge in [0.15, 0.2) is 0 Å². The molecule has 3 aromatic rings. The third-order valence-corrected chi connectivity index (χ3v) is 4.74. The fraction of sp³-hybridized carbons (Fsp3) is 0. The smallest absolute Gasteiger partial charge is 0.265 e. The van der Waals surface area contributed by atoms with Crippen LogP contribution in [0.15, 0.2) is 84.0 Å². The van der Waals surface area contributed by atoms with E-state index in [0.717, 1.165) is 11.1 Å². The van der Waals surface area contributed by atoms with Gasteiger partial charge in [-0.15, -0.1) is 0 Å². The van der Waals surface area contributed by atoms with Crippen LogP contribution in [0.4, 0.5) is 0 Å². The molecule has 1 aromatic heterocycles. The molecule has 0 aliphatic carbocycles. The molecule has 6 heteroatoms. The van der Waals surface area contributed by atoms with E-state index in [-0.39, 0.29) is 10.5 Å². The predicted octanol–water partition coefficient (Wildman–Crippen LogP) is 2.87. The Kier molecular flexibility index (Phi) is 4.39. The van der Waals surface area contributed by atoms with Gasteiger partial charge in [0.1, 0.15) is 4.90 Å². The van der Waals surface area contributed by atoms with Crippen LogP contribution in [-0.2, 0) is 10.0 Å². The molecule has 3 rings (SSSR count). The van der Waals surface area contributed by atoms with Crippen molar-refractivity contribution in [3.05, 3.63) is 84.7 Å². The molecule has 24 heavy (non-hydrogen) atoms. The highest BCUT2D eigenvalue weighted by Gasteiger charge is 2.18. The van der Waals surface area contributed by atoms with Crippen molar-refractivity contribution < 1.29 is 13.2 Å². The van der Waals surface area contributed by atoms with Crippen molar-refractivity contribution in [1.82, 2.24) is 9.71 Å². The Bertz CT molecular complexity index is 939. The molecule has 0 unspecified atom stereocenters. The minimum atomic E-state index is -3.93. The number of rotatable bonds is 4. The van der Waals surface area contributed by atoms with Gasteiger partial charge < -0.3 is 0 Å². The van der Waals surface area contributed by atoms with Gasteiger partial charge in [0.05, 0.1) is 0 Å². The van der Waals surface area contributed by atoms with Crippen LogP contribution in [0, 0.1) is 0 Å². The Labute approximate surface area is 140 Å². The molecule has 0 atom stereocenters. The number of nitrogens with zero attached hydrogens (tertiary/aromatic N) is 1. The summed E-state index contributed by atoms with van der Waals surface area (Å²) in [5.41, 5.74) is 2.23. The molecule has 1 heterocycles. The van der Waals surface area contributed by atoms with E-state index in [0.29, 0.717) is 0 Å². The van der Waals surface area contributed by atoms with Crippen molar-refractivity contribution in [2.75, 3.05) is 0 Å². The summed E-state index contributed by atoms with van der Waals surface area (Å²) in [6.45, 7) is 0. The van der Waals surface area contributed by atoms with Gasteiger partial charge in [0.2, 0.25) is 0 Å². The van der Waals surface area contributed by atoms with Crippen LogP contribution >= 0.6 is 0 Å². The molecule has 0 radical (unpaired) electrons. The summed E-state index contributed by atoms with van der Waals surface area (Å²) in [6, 6.07) is 19.3. The van der Waals surface area contributed by atoms with Gasteiger partial charge in [-0.25, -0.2) is 13.1 Å². The van der Waals surface area contributed by atoms with E-state index in [2.05, 4.69) is 4.98 Å². The molecule has 0 aliphatic rings. The standard InChI is InChI=1S/C18H14N2O3S/c21-18(20-24(22,23)17-7-4-12-19-13-17)16-10-8-15(9-11-16)14-5-2-1-3-6-14/h1-13H,(H,20,21). The first-order valence-corrected chi connectivity index (χ1v) is 8.67. The summed E-state index contributed by atoms with van der Waals surface area (Å²) in [6.07, 6.45) is 2.65. The van der Waals surface area contributed by atoms with Crippen LogP contribution < -0.4 is 4.72 Å². The maximum Gasteiger partial charge on any atom is 0.265 e. The van der Waals surface area contributed by atoms with Gasteiger partial charge in [0, 0.05) is 18.0 Å². The molecule has 0 aliphatic heterocycles. The SMILES string of the molecule is O=C(NS(=O)(=O)c1cccnc1)c1ccc(-c2ccccc2)cc1. The maximum atomic E-state index is 12.2. The summed E-state index contributed by atoms with van der Waals surface area (Å²) < 4.78 is 26.3. The summed E-state index contributed by atoms with van der Waals surface area (Å²) in [7, 11) is -3.93. The van der Waals surface area contributed by atoms with Crippen LogP contribution in [0.1, 0.15) is 10.4 Å². The second-order valence-electron chi connectivity index (χ2n) is 5.07. The lowest BCUT2D eigenvalue weighted by atomic mass is 10.0. The van der Waals surface area contributed by atoms with Gasteiger partial charge in [-0.1, -0.05) is 42.5 Å². The van der Waals surface area contributed by atoms with E-state index < -0.39 is 15.9 Å². The number of carbonyl (C=O) groups is 1. The minimum Gasteiger partial charge on any atom is -0.268 e.